The zero-order chi connectivity index (χ0) is 14.4. The van der Waals surface area contributed by atoms with Gasteiger partial charge in [-0.2, -0.15) is 11.8 Å². The summed E-state index contributed by atoms with van der Waals surface area (Å²) >= 11 is 2.02. The first-order valence-corrected chi connectivity index (χ1v) is 8.42. The van der Waals surface area contributed by atoms with Gasteiger partial charge >= 0.3 is 0 Å². The average Bonchev–Trinajstić information content (AvgIpc) is 2.97. The van der Waals surface area contributed by atoms with Gasteiger partial charge < -0.3 is 14.8 Å². The number of ether oxygens (including phenoxy) is 2. The van der Waals surface area contributed by atoms with E-state index in [1.807, 2.05) is 23.9 Å². The number of hydrogen-bond donors (Lipinski definition) is 1. The molecule has 0 bridgehead atoms. The van der Waals surface area contributed by atoms with Crippen molar-refractivity contribution in [3.05, 3.63) is 23.8 Å². The molecule has 1 aromatic rings. The van der Waals surface area contributed by atoms with Crippen LogP contribution in [0.25, 0.3) is 0 Å². The summed E-state index contributed by atoms with van der Waals surface area (Å²) in [5.74, 6) is 1.73. The summed E-state index contributed by atoms with van der Waals surface area (Å²) < 4.78 is 11.1. The molecule has 1 aliphatic rings. The summed E-state index contributed by atoms with van der Waals surface area (Å²) in [6.45, 7) is 1.92. The maximum atomic E-state index is 5.44. The average molecular weight is 295 g/mol. The SMILES string of the molecule is COc1ccc(CNCC2(SC)CCCC2)c(OC)c1. The lowest BCUT2D eigenvalue weighted by Crippen LogP contribution is -2.34. The molecule has 1 fully saturated rings. The molecule has 1 saturated carbocycles. The van der Waals surface area contributed by atoms with Gasteiger partial charge in [0.2, 0.25) is 0 Å². The summed E-state index contributed by atoms with van der Waals surface area (Å²) in [6, 6.07) is 6.00. The van der Waals surface area contributed by atoms with Crippen LogP contribution in [0, 0.1) is 0 Å². The minimum Gasteiger partial charge on any atom is -0.497 e. The topological polar surface area (TPSA) is 30.5 Å². The highest BCUT2D eigenvalue weighted by Crippen LogP contribution is 2.39. The monoisotopic (exact) mass is 295 g/mol. The van der Waals surface area contributed by atoms with Crippen molar-refractivity contribution in [3.63, 3.8) is 0 Å². The number of methoxy groups -OCH3 is 2. The van der Waals surface area contributed by atoms with Crippen molar-refractivity contribution in [2.24, 2.45) is 0 Å². The Bertz CT molecular complexity index is 430. The fourth-order valence-electron chi connectivity index (χ4n) is 2.90. The third-order valence-electron chi connectivity index (χ3n) is 4.20. The van der Waals surface area contributed by atoms with Gasteiger partial charge in [0.25, 0.3) is 0 Å². The third kappa shape index (κ3) is 3.61. The number of rotatable bonds is 7. The van der Waals surface area contributed by atoms with Gasteiger partial charge in [-0.1, -0.05) is 18.9 Å². The lowest BCUT2D eigenvalue weighted by molar-refractivity contribution is 0.389. The standard InChI is InChI=1S/C16H25NO2S/c1-18-14-7-6-13(15(10-14)19-2)11-17-12-16(20-3)8-4-5-9-16/h6-7,10,17H,4-5,8-9,11-12H2,1-3H3. The molecule has 0 saturated heterocycles. The smallest absolute Gasteiger partial charge is 0.127 e. The predicted octanol–water partition coefficient (Wildman–Crippen LogP) is 3.47. The molecular weight excluding hydrogens is 270 g/mol. The van der Waals surface area contributed by atoms with E-state index in [9.17, 15) is 0 Å². The van der Waals surface area contributed by atoms with Gasteiger partial charge in [-0.25, -0.2) is 0 Å². The molecule has 1 aliphatic carbocycles. The summed E-state index contributed by atoms with van der Waals surface area (Å²) in [5, 5.41) is 3.61. The first-order valence-electron chi connectivity index (χ1n) is 7.20. The zero-order valence-electron chi connectivity index (χ0n) is 12.7. The normalized spacial score (nSPS) is 17.1. The van der Waals surface area contributed by atoms with E-state index < -0.39 is 0 Å². The van der Waals surface area contributed by atoms with Crippen LogP contribution in [0.1, 0.15) is 31.2 Å². The lowest BCUT2D eigenvalue weighted by Gasteiger charge is -2.27. The molecule has 112 valence electrons. The van der Waals surface area contributed by atoms with Crippen molar-refractivity contribution < 1.29 is 9.47 Å². The molecule has 20 heavy (non-hydrogen) atoms. The van der Waals surface area contributed by atoms with Crippen LogP contribution in [-0.4, -0.2) is 31.8 Å². The number of nitrogens with one attached hydrogen (secondary N) is 1. The van der Waals surface area contributed by atoms with Gasteiger partial charge in [-0.05, 0) is 25.2 Å². The van der Waals surface area contributed by atoms with E-state index in [0.717, 1.165) is 24.6 Å². The van der Waals surface area contributed by atoms with Gasteiger partial charge in [0.05, 0.1) is 14.2 Å². The van der Waals surface area contributed by atoms with Crippen molar-refractivity contribution in [2.75, 3.05) is 27.0 Å². The predicted molar refractivity (Wildman–Crippen MR) is 86.0 cm³/mol. The van der Waals surface area contributed by atoms with Crippen LogP contribution in [0.5, 0.6) is 11.5 Å². The highest BCUT2D eigenvalue weighted by atomic mass is 32.2. The van der Waals surface area contributed by atoms with Crippen molar-refractivity contribution in [2.45, 2.75) is 37.0 Å². The summed E-state index contributed by atoms with van der Waals surface area (Å²) in [7, 11) is 3.38. The van der Waals surface area contributed by atoms with Crippen LogP contribution >= 0.6 is 11.8 Å². The number of hydrogen-bond acceptors (Lipinski definition) is 4. The molecule has 0 spiro atoms. The van der Waals surface area contributed by atoms with Crippen LogP contribution < -0.4 is 14.8 Å². The molecule has 0 aromatic heterocycles. The first-order chi connectivity index (χ1) is 9.73. The van der Waals surface area contributed by atoms with Crippen molar-refractivity contribution in [1.82, 2.24) is 5.32 Å². The zero-order valence-corrected chi connectivity index (χ0v) is 13.5. The highest BCUT2D eigenvalue weighted by Gasteiger charge is 2.32. The van der Waals surface area contributed by atoms with Crippen LogP contribution in [0.4, 0.5) is 0 Å². The molecule has 1 N–H and O–H groups in total. The fraction of sp³-hybridized carbons (Fsp3) is 0.625. The van der Waals surface area contributed by atoms with Crippen LogP contribution in [-0.2, 0) is 6.54 Å². The molecule has 0 heterocycles. The van der Waals surface area contributed by atoms with Gasteiger partial charge in [-0.3, -0.25) is 0 Å². The van der Waals surface area contributed by atoms with E-state index >= 15 is 0 Å². The minimum absolute atomic E-state index is 0.444. The largest absolute Gasteiger partial charge is 0.497 e. The van der Waals surface area contributed by atoms with Gasteiger partial charge in [-0.15, -0.1) is 0 Å². The van der Waals surface area contributed by atoms with Crippen LogP contribution in [0.2, 0.25) is 0 Å². The molecule has 0 aliphatic heterocycles. The van der Waals surface area contributed by atoms with E-state index in [0.29, 0.717) is 4.75 Å². The van der Waals surface area contributed by atoms with E-state index in [2.05, 4.69) is 17.6 Å². The first kappa shape index (κ1) is 15.5. The Balaban J connectivity index is 1.93. The van der Waals surface area contributed by atoms with E-state index in [1.165, 1.54) is 31.2 Å². The van der Waals surface area contributed by atoms with E-state index in [4.69, 9.17) is 9.47 Å². The van der Waals surface area contributed by atoms with E-state index in [1.54, 1.807) is 14.2 Å². The van der Waals surface area contributed by atoms with Crippen molar-refractivity contribution in [3.8, 4) is 11.5 Å². The van der Waals surface area contributed by atoms with Gasteiger partial charge in [0.15, 0.2) is 0 Å². The Labute approximate surface area is 126 Å². The van der Waals surface area contributed by atoms with Crippen molar-refractivity contribution in [1.29, 1.82) is 0 Å². The molecule has 0 amide bonds. The molecule has 0 radical (unpaired) electrons. The Kier molecular flexibility index (Phi) is 5.61. The van der Waals surface area contributed by atoms with Gasteiger partial charge in [0.1, 0.15) is 11.5 Å². The summed E-state index contributed by atoms with van der Waals surface area (Å²) in [6.07, 6.45) is 7.64. The molecule has 0 atom stereocenters. The Morgan fingerprint density at radius 3 is 2.55 bits per heavy atom. The highest BCUT2D eigenvalue weighted by molar-refractivity contribution is 8.00. The Morgan fingerprint density at radius 2 is 1.95 bits per heavy atom. The van der Waals surface area contributed by atoms with Gasteiger partial charge in [0, 0.05) is 29.5 Å². The summed E-state index contributed by atoms with van der Waals surface area (Å²) in [4.78, 5) is 0. The number of benzene rings is 1. The molecular formula is C16H25NO2S. The fourth-order valence-corrected chi connectivity index (χ4v) is 3.84. The molecule has 2 rings (SSSR count). The second kappa shape index (κ2) is 7.23. The summed E-state index contributed by atoms with van der Waals surface area (Å²) in [5.41, 5.74) is 1.18. The molecule has 4 heteroatoms. The second-order valence-corrected chi connectivity index (χ2v) is 6.65. The quantitative estimate of drug-likeness (QED) is 0.834. The minimum atomic E-state index is 0.444. The molecule has 3 nitrogen and oxygen atoms in total. The van der Waals surface area contributed by atoms with Crippen LogP contribution in [0.15, 0.2) is 18.2 Å². The third-order valence-corrected chi connectivity index (χ3v) is 5.62. The van der Waals surface area contributed by atoms with Crippen LogP contribution in [0.3, 0.4) is 0 Å². The number of thioether (sulfide) groups is 1. The Hall–Kier alpha value is -0.870. The second-order valence-electron chi connectivity index (χ2n) is 5.38. The van der Waals surface area contributed by atoms with Crippen molar-refractivity contribution >= 4 is 11.8 Å². The molecule has 0 unspecified atom stereocenters. The maximum Gasteiger partial charge on any atom is 0.127 e. The Morgan fingerprint density at radius 1 is 1.20 bits per heavy atom. The lowest BCUT2D eigenvalue weighted by atomic mass is 10.1. The maximum absolute atomic E-state index is 5.44. The van der Waals surface area contributed by atoms with E-state index in [-0.39, 0.29) is 0 Å². The molecule has 1 aromatic carbocycles.